The molecule has 1 atom stereocenters. The van der Waals surface area contributed by atoms with Crippen LogP contribution in [-0.2, 0) is 10.0 Å². The SMILES string of the molecule is CC(O)CCNS(=O)(=O)c1scnc1C(=O)O. The first kappa shape index (κ1) is 14.0. The van der Waals surface area contributed by atoms with Crippen LogP contribution in [0.25, 0.3) is 0 Å². The maximum atomic E-state index is 11.7. The Morgan fingerprint density at radius 2 is 2.29 bits per heavy atom. The lowest BCUT2D eigenvalue weighted by atomic mass is 10.3. The maximum Gasteiger partial charge on any atom is 0.356 e. The van der Waals surface area contributed by atoms with Crippen molar-refractivity contribution in [3.05, 3.63) is 11.2 Å². The van der Waals surface area contributed by atoms with Crippen LogP contribution in [0.2, 0.25) is 0 Å². The van der Waals surface area contributed by atoms with Gasteiger partial charge in [0.2, 0.25) is 0 Å². The fourth-order valence-electron chi connectivity index (χ4n) is 1.04. The maximum absolute atomic E-state index is 11.7. The van der Waals surface area contributed by atoms with Crippen molar-refractivity contribution in [1.29, 1.82) is 0 Å². The van der Waals surface area contributed by atoms with Crippen LogP contribution in [0.1, 0.15) is 23.8 Å². The first-order chi connectivity index (χ1) is 7.84. The van der Waals surface area contributed by atoms with Crippen LogP contribution in [0.15, 0.2) is 9.72 Å². The third-order valence-corrected chi connectivity index (χ3v) is 4.67. The zero-order valence-corrected chi connectivity index (χ0v) is 10.6. The van der Waals surface area contributed by atoms with Crippen molar-refractivity contribution < 1.29 is 23.4 Å². The molecule has 0 spiro atoms. The number of nitrogens with one attached hydrogen (secondary N) is 1. The average molecular weight is 280 g/mol. The molecule has 0 bridgehead atoms. The van der Waals surface area contributed by atoms with Crippen LogP contribution >= 0.6 is 11.3 Å². The van der Waals surface area contributed by atoms with Gasteiger partial charge in [0.1, 0.15) is 0 Å². The van der Waals surface area contributed by atoms with Gasteiger partial charge in [0.25, 0.3) is 10.0 Å². The highest BCUT2D eigenvalue weighted by molar-refractivity contribution is 7.91. The van der Waals surface area contributed by atoms with Gasteiger partial charge in [-0.2, -0.15) is 0 Å². The molecule has 96 valence electrons. The zero-order chi connectivity index (χ0) is 13.1. The van der Waals surface area contributed by atoms with Crippen molar-refractivity contribution in [2.75, 3.05) is 6.54 Å². The predicted molar refractivity (Wildman–Crippen MR) is 60.6 cm³/mol. The summed E-state index contributed by atoms with van der Waals surface area (Å²) in [5.41, 5.74) is 0.673. The topological polar surface area (TPSA) is 117 Å². The molecule has 1 unspecified atom stereocenters. The van der Waals surface area contributed by atoms with Crippen molar-refractivity contribution in [2.24, 2.45) is 0 Å². The highest BCUT2D eigenvalue weighted by atomic mass is 32.2. The highest BCUT2D eigenvalue weighted by Gasteiger charge is 2.25. The zero-order valence-electron chi connectivity index (χ0n) is 8.95. The lowest BCUT2D eigenvalue weighted by Crippen LogP contribution is -2.27. The number of thiazole rings is 1. The van der Waals surface area contributed by atoms with E-state index in [2.05, 4.69) is 9.71 Å². The minimum atomic E-state index is -3.87. The molecule has 0 aliphatic carbocycles. The number of aromatic nitrogens is 1. The Morgan fingerprint density at radius 3 is 2.82 bits per heavy atom. The van der Waals surface area contributed by atoms with Crippen molar-refractivity contribution in [3.63, 3.8) is 0 Å². The summed E-state index contributed by atoms with van der Waals surface area (Å²) >= 11 is 0.739. The van der Waals surface area contributed by atoms with E-state index in [1.165, 1.54) is 6.92 Å². The van der Waals surface area contributed by atoms with Gasteiger partial charge in [0, 0.05) is 6.54 Å². The molecule has 0 aliphatic rings. The van der Waals surface area contributed by atoms with Gasteiger partial charge in [-0.1, -0.05) is 0 Å². The van der Waals surface area contributed by atoms with Crippen LogP contribution in [0.3, 0.4) is 0 Å². The fraction of sp³-hybridized carbons (Fsp3) is 0.500. The second-order valence-electron chi connectivity index (χ2n) is 3.33. The number of carboxylic acid groups (broad SMARTS) is 1. The number of carbonyl (C=O) groups is 1. The first-order valence-electron chi connectivity index (χ1n) is 4.69. The Balaban J connectivity index is 2.83. The summed E-state index contributed by atoms with van der Waals surface area (Å²) < 4.78 is 25.3. The summed E-state index contributed by atoms with van der Waals surface area (Å²) in [5.74, 6) is -1.39. The molecule has 9 heteroatoms. The molecule has 17 heavy (non-hydrogen) atoms. The van der Waals surface area contributed by atoms with E-state index in [4.69, 9.17) is 10.2 Å². The number of aliphatic hydroxyl groups is 1. The Bertz CT molecular complexity index is 494. The number of nitrogens with zero attached hydrogens (tertiary/aromatic N) is 1. The minimum Gasteiger partial charge on any atom is -0.476 e. The van der Waals surface area contributed by atoms with Crippen molar-refractivity contribution in [1.82, 2.24) is 9.71 Å². The molecule has 0 aliphatic heterocycles. The molecule has 0 saturated heterocycles. The molecule has 1 aromatic rings. The van der Waals surface area contributed by atoms with Crippen molar-refractivity contribution in [2.45, 2.75) is 23.7 Å². The van der Waals surface area contributed by atoms with Crippen molar-refractivity contribution >= 4 is 27.3 Å². The molecule has 1 aromatic heterocycles. The van der Waals surface area contributed by atoms with Gasteiger partial charge < -0.3 is 10.2 Å². The van der Waals surface area contributed by atoms with Gasteiger partial charge in [-0.15, -0.1) is 11.3 Å². The molecule has 3 N–H and O–H groups in total. The van der Waals surface area contributed by atoms with Crippen molar-refractivity contribution in [3.8, 4) is 0 Å². The third-order valence-electron chi connectivity index (χ3n) is 1.84. The van der Waals surface area contributed by atoms with E-state index in [-0.39, 0.29) is 17.2 Å². The molecule has 0 saturated carbocycles. The Labute approximate surface area is 102 Å². The lowest BCUT2D eigenvalue weighted by molar-refractivity contribution is 0.0687. The van der Waals surface area contributed by atoms with Gasteiger partial charge in [0.15, 0.2) is 9.90 Å². The molecular weight excluding hydrogens is 268 g/mol. The first-order valence-corrected chi connectivity index (χ1v) is 7.05. The molecule has 0 radical (unpaired) electrons. The fourth-order valence-corrected chi connectivity index (χ4v) is 3.27. The largest absolute Gasteiger partial charge is 0.476 e. The Kier molecular flexibility index (Phi) is 4.57. The average Bonchev–Trinajstić information content (AvgIpc) is 2.65. The van der Waals surface area contributed by atoms with Gasteiger partial charge >= 0.3 is 5.97 Å². The van der Waals surface area contributed by atoms with E-state index in [1.54, 1.807) is 0 Å². The third kappa shape index (κ3) is 3.73. The van der Waals surface area contributed by atoms with Crippen LogP contribution in [0, 0.1) is 0 Å². The highest BCUT2D eigenvalue weighted by Crippen LogP contribution is 2.19. The number of hydrogen-bond donors (Lipinski definition) is 3. The summed E-state index contributed by atoms with van der Waals surface area (Å²) in [6.07, 6.45) is -0.376. The number of hydrogen-bond acceptors (Lipinski definition) is 6. The Morgan fingerprint density at radius 1 is 1.65 bits per heavy atom. The van der Waals surface area contributed by atoms with Crippen LogP contribution in [0.4, 0.5) is 0 Å². The van der Waals surface area contributed by atoms with E-state index in [0.29, 0.717) is 0 Å². The second-order valence-corrected chi connectivity index (χ2v) is 6.15. The molecule has 1 heterocycles. The predicted octanol–water partition coefficient (Wildman–Crippen LogP) is -0.109. The Hall–Kier alpha value is -1.03. The van der Waals surface area contributed by atoms with E-state index < -0.39 is 27.8 Å². The standard InChI is InChI=1S/C8H12N2O5S2/c1-5(11)2-3-10-17(14,15)8-6(7(12)13)9-4-16-8/h4-5,10-11H,2-3H2,1H3,(H,12,13). The molecule has 1 rings (SSSR count). The van der Waals surface area contributed by atoms with Gasteiger partial charge in [-0.25, -0.2) is 22.9 Å². The van der Waals surface area contributed by atoms with Crippen LogP contribution in [-0.4, -0.2) is 42.2 Å². The van der Waals surface area contributed by atoms with Gasteiger partial charge in [-0.3, -0.25) is 0 Å². The smallest absolute Gasteiger partial charge is 0.356 e. The molecule has 0 amide bonds. The molecule has 7 nitrogen and oxygen atoms in total. The number of aliphatic hydroxyl groups excluding tert-OH is 1. The number of aromatic carboxylic acids is 1. The molecular formula is C8H12N2O5S2. The monoisotopic (exact) mass is 280 g/mol. The molecule has 0 aromatic carbocycles. The van der Waals surface area contributed by atoms with E-state index >= 15 is 0 Å². The molecule has 0 fully saturated rings. The minimum absolute atomic E-state index is 0.0386. The van der Waals surface area contributed by atoms with Gasteiger partial charge in [-0.05, 0) is 13.3 Å². The van der Waals surface area contributed by atoms with E-state index in [9.17, 15) is 13.2 Å². The normalized spacial score (nSPS) is 13.5. The van der Waals surface area contributed by atoms with Crippen LogP contribution in [0.5, 0.6) is 0 Å². The summed E-state index contributed by atoms with van der Waals surface area (Å²) in [5, 5.41) is 17.7. The van der Waals surface area contributed by atoms with E-state index in [0.717, 1.165) is 16.8 Å². The summed E-state index contributed by atoms with van der Waals surface area (Å²) in [6, 6.07) is 0. The quantitative estimate of drug-likeness (QED) is 0.669. The van der Waals surface area contributed by atoms with Crippen LogP contribution < -0.4 is 4.72 Å². The number of carboxylic acids is 1. The summed E-state index contributed by atoms with van der Waals surface area (Å²) in [4.78, 5) is 14.2. The number of rotatable bonds is 6. The summed E-state index contributed by atoms with van der Waals surface area (Å²) in [7, 11) is -3.87. The van der Waals surface area contributed by atoms with Gasteiger partial charge in [0.05, 0.1) is 11.6 Å². The second kappa shape index (κ2) is 5.54. The number of sulfonamides is 1. The van der Waals surface area contributed by atoms with E-state index in [1.807, 2.05) is 0 Å². The lowest BCUT2D eigenvalue weighted by Gasteiger charge is -2.06. The summed E-state index contributed by atoms with van der Waals surface area (Å²) in [6.45, 7) is 1.57.